The third kappa shape index (κ3) is 6.62. The topological polar surface area (TPSA) is 117 Å². The van der Waals surface area contributed by atoms with Crippen LogP contribution in [0.2, 0.25) is 0 Å². The molecule has 4 rings (SSSR count). The molecule has 184 valence electrons. The molecule has 36 heavy (non-hydrogen) atoms. The highest BCUT2D eigenvalue weighted by molar-refractivity contribution is 5.95. The second kappa shape index (κ2) is 11.4. The summed E-state index contributed by atoms with van der Waals surface area (Å²) in [6.07, 6.45) is 2.12. The van der Waals surface area contributed by atoms with Crippen molar-refractivity contribution < 1.29 is 19.8 Å². The van der Waals surface area contributed by atoms with Crippen LogP contribution in [0.15, 0.2) is 66.7 Å². The van der Waals surface area contributed by atoms with Crippen LogP contribution in [0, 0.1) is 11.3 Å². The Kier molecular flexibility index (Phi) is 7.83. The van der Waals surface area contributed by atoms with Crippen LogP contribution in [0.5, 0.6) is 11.5 Å². The quantitative estimate of drug-likeness (QED) is 0.449. The Morgan fingerprint density at radius 3 is 2.31 bits per heavy atom. The number of hydrogen-bond donors (Lipinski definition) is 3. The van der Waals surface area contributed by atoms with Crippen molar-refractivity contribution in [2.24, 2.45) is 0 Å². The number of nitrogens with zero attached hydrogens (tertiary/aromatic N) is 3. The van der Waals surface area contributed by atoms with E-state index in [9.17, 15) is 19.8 Å². The van der Waals surface area contributed by atoms with Gasteiger partial charge in [-0.3, -0.25) is 14.5 Å². The van der Waals surface area contributed by atoms with E-state index in [2.05, 4.69) is 16.3 Å². The molecule has 3 aromatic carbocycles. The van der Waals surface area contributed by atoms with Gasteiger partial charge >= 0.3 is 0 Å². The molecule has 0 aromatic heterocycles. The number of carbonyl (C=O) groups is 2. The molecule has 0 spiro atoms. The molecule has 3 aromatic rings. The van der Waals surface area contributed by atoms with Crippen LogP contribution in [-0.4, -0.2) is 58.0 Å². The minimum atomic E-state index is -0.431. The Morgan fingerprint density at radius 1 is 0.944 bits per heavy atom. The number of likely N-dealkylation sites (tertiary alicyclic amines) is 1. The first-order valence-corrected chi connectivity index (χ1v) is 11.8. The van der Waals surface area contributed by atoms with Gasteiger partial charge in [-0.2, -0.15) is 5.26 Å². The number of nitriles is 1. The number of anilines is 1. The van der Waals surface area contributed by atoms with E-state index in [4.69, 9.17) is 5.26 Å². The molecule has 2 amide bonds. The first-order chi connectivity index (χ1) is 17.4. The fraction of sp³-hybridized carbons (Fsp3) is 0.250. The van der Waals surface area contributed by atoms with E-state index < -0.39 is 5.91 Å². The van der Waals surface area contributed by atoms with Crippen molar-refractivity contribution in [2.75, 3.05) is 31.5 Å². The zero-order valence-corrected chi connectivity index (χ0v) is 19.9. The number of aromatic hydroxyl groups is 2. The molecule has 0 atom stereocenters. The lowest BCUT2D eigenvalue weighted by Crippen LogP contribution is -2.42. The monoisotopic (exact) mass is 484 g/mol. The molecule has 0 aliphatic carbocycles. The van der Waals surface area contributed by atoms with E-state index in [0.29, 0.717) is 5.56 Å². The summed E-state index contributed by atoms with van der Waals surface area (Å²) in [5.41, 5.74) is 3.58. The zero-order valence-electron chi connectivity index (χ0n) is 19.9. The molecule has 1 aliphatic heterocycles. The van der Waals surface area contributed by atoms with Crippen molar-refractivity contribution in [3.8, 4) is 28.7 Å². The third-order valence-electron chi connectivity index (χ3n) is 6.08. The fourth-order valence-corrected chi connectivity index (χ4v) is 4.30. The maximum Gasteiger partial charge on any atom is 0.244 e. The zero-order chi connectivity index (χ0) is 25.5. The molecule has 0 saturated carbocycles. The molecule has 0 bridgehead atoms. The van der Waals surface area contributed by atoms with Crippen molar-refractivity contribution in [2.45, 2.75) is 19.4 Å². The van der Waals surface area contributed by atoms with Gasteiger partial charge in [-0.05, 0) is 54.8 Å². The maximum atomic E-state index is 13.2. The lowest BCUT2D eigenvalue weighted by Gasteiger charge is -2.25. The number of phenolic OH excluding ortho intramolecular Hbond substituents is 2. The summed E-state index contributed by atoms with van der Waals surface area (Å²) in [6, 6.07) is 21.0. The summed E-state index contributed by atoms with van der Waals surface area (Å²) in [6.45, 7) is 2.06. The average molecular weight is 485 g/mol. The Hall–Kier alpha value is -4.35. The third-order valence-corrected chi connectivity index (χ3v) is 6.08. The normalized spacial score (nSPS) is 13.2. The molecule has 1 heterocycles. The van der Waals surface area contributed by atoms with Crippen molar-refractivity contribution in [1.82, 2.24) is 9.80 Å². The van der Waals surface area contributed by atoms with Crippen LogP contribution in [0.3, 0.4) is 0 Å². The van der Waals surface area contributed by atoms with Gasteiger partial charge in [0.2, 0.25) is 11.8 Å². The largest absolute Gasteiger partial charge is 0.508 e. The lowest BCUT2D eigenvalue weighted by atomic mass is 10.0. The molecule has 8 heteroatoms. The number of amides is 2. The first kappa shape index (κ1) is 24.8. The van der Waals surface area contributed by atoms with E-state index in [0.717, 1.165) is 42.6 Å². The van der Waals surface area contributed by atoms with Crippen molar-refractivity contribution in [3.05, 3.63) is 77.9 Å². The van der Waals surface area contributed by atoms with Crippen LogP contribution >= 0.6 is 0 Å². The number of phenols is 2. The maximum absolute atomic E-state index is 13.2. The summed E-state index contributed by atoms with van der Waals surface area (Å²) in [5, 5.41) is 31.1. The lowest BCUT2D eigenvalue weighted by molar-refractivity contribution is -0.136. The summed E-state index contributed by atoms with van der Waals surface area (Å²) in [7, 11) is 0. The minimum absolute atomic E-state index is 0.142. The highest BCUT2D eigenvalue weighted by Crippen LogP contribution is 2.24. The van der Waals surface area contributed by atoms with E-state index in [1.807, 2.05) is 42.5 Å². The number of nitrogens with one attached hydrogen (secondary N) is 1. The highest BCUT2D eigenvalue weighted by Gasteiger charge is 2.22. The molecular weight excluding hydrogens is 456 g/mol. The number of rotatable bonds is 8. The number of hydrogen-bond acceptors (Lipinski definition) is 6. The first-order valence-electron chi connectivity index (χ1n) is 11.8. The van der Waals surface area contributed by atoms with E-state index in [-0.39, 0.29) is 42.7 Å². The van der Waals surface area contributed by atoms with Crippen molar-refractivity contribution >= 4 is 17.5 Å². The summed E-state index contributed by atoms with van der Waals surface area (Å²) < 4.78 is 0. The molecule has 3 N–H and O–H groups in total. The summed E-state index contributed by atoms with van der Waals surface area (Å²) >= 11 is 0. The predicted molar refractivity (Wildman–Crippen MR) is 136 cm³/mol. The summed E-state index contributed by atoms with van der Waals surface area (Å²) in [4.78, 5) is 29.5. The summed E-state index contributed by atoms with van der Waals surface area (Å²) in [5.74, 6) is -0.920. The molecule has 1 aliphatic rings. The minimum Gasteiger partial charge on any atom is -0.508 e. The van der Waals surface area contributed by atoms with Gasteiger partial charge in [-0.25, -0.2) is 0 Å². The number of carbonyl (C=O) groups excluding carboxylic acids is 2. The Bertz CT molecular complexity index is 1260. The SMILES string of the molecule is N#Cc1cccc(-c2ccc(CN(CC(=O)Nc3cc(O)cc(O)c3)C(=O)CN3CCCC3)cc2)c1. The van der Waals surface area contributed by atoms with Crippen LogP contribution in [0.25, 0.3) is 11.1 Å². The molecule has 8 nitrogen and oxygen atoms in total. The average Bonchev–Trinajstić information content (AvgIpc) is 3.36. The van der Waals surface area contributed by atoms with Crippen LogP contribution < -0.4 is 5.32 Å². The van der Waals surface area contributed by atoms with Gasteiger partial charge in [0.15, 0.2) is 0 Å². The van der Waals surface area contributed by atoms with Crippen molar-refractivity contribution in [3.63, 3.8) is 0 Å². The van der Waals surface area contributed by atoms with Crippen LogP contribution in [0.4, 0.5) is 5.69 Å². The fourth-order valence-electron chi connectivity index (χ4n) is 4.30. The standard InChI is InChI=1S/C28H28N4O4/c29-16-21-4-3-5-23(12-21)22-8-6-20(7-9-22)17-32(28(36)19-31-10-1-2-11-31)18-27(35)30-24-13-25(33)15-26(34)14-24/h3-9,12-15,33-34H,1-2,10-11,17-19H2,(H,30,35). The van der Waals surface area contributed by atoms with E-state index in [1.54, 1.807) is 6.07 Å². The van der Waals surface area contributed by atoms with Gasteiger partial charge < -0.3 is 20.4 Å². The molecule has 0 radical (unpaired) electrons. The smallest absolute Gasteiger partial charge is 0.244 e. The van der Waals surface area contributed by atoms with E-state index in [1.165, 1.54) is 23.1 Å². The Balaban J connectivity index is 1.48. The second-order valence-electron chi connectivity index (χ2n) is 8.91. The van der Waals surface area contributed by atoms with Gasteiger partial charge in [0.25, 0.3) is 0 Å². The molecule has 1 saturated heterocycles. The van der Waals surface area contributed by atoms with Gasteiger partial charge in [0.1, 0.15) is 18.0 Å². The Morgan fingerprint density at radius 2 is 1.64 bits per heavy atom. The predicted octanol–water partition coefficient (Wildman–Crippen LogP) is 3.70. The van der Waals surface area contributed by atoms with Crippen LogP contribution in [-0.2, 0) is 16.1 Å². The molecule has 0 unspecified atom stereocenters. The van der Waals surface area contributed by atoms with Crippen molar-refractivity contribution in [1.29, 1.82) is 5.26 Å². The molecular formula is C28H28N4O4. The van der Waals surface area contributed by atoms with Gasteiger partial charge in [-0.1, -0.05) is 36.4 Å². The second-order valence-corrected chi connectivity index (χ2v) is 8.91. The van der Waals surface area contributed by atoms with E-state index >= 15 is 0 Å². The highest BCUT2D eigenvalue weighted by atomic mass is 16.3. The van der Waals surface area contributed by atoms with Gasteiger partial charge in [0, 0.05) is 30.4 Å². The van der Waals surface area contributed by atoms with Gasteiger partial charge in [0.05, 0.1) is 18.2 Å². The van der Waals surface area contributed by atoms with Crippen LogP contribution in [0.1, 0.15) is 24.0 Å². The Labute approximate surface area is 210 Å². The van der Waals surface area contributed by atoms with Gasteiger partial charge in [-0.15, -0.1) is 0 Å². The molecule has 1 fully saturated rings. The number of benzene rings is 3.